The zero-order valence-electron chi connectivity index (χ0n) is 13.6. The molecule has 0 atom stereocenters. The molecule has 1 amide bonds. The Kier molecular flexibility index (Phi) is 6.82. The number of ether oxygens (including phenoxy) is 1. The fourth-order valence-corrected chi connectivity index (χ4v) is 3.02. The summed E-state index contributed by atoms with van der Waals surface area (Å²) in [4.78, 5) is 13.4. The lowest BCUT2D eigenvalue weighted by Gasteiger charge is -2.10. The molecule has 2 N–H and O–H groups in total. The predicted molar refractivity (Wildman–Crippen MR) is 98.5 cm³/mol. The molecule has 0 unspecified atom stereocenters. The maximum Gasteiger partial charge on any atom is 0.251 e. The molecule has 4 nitrogen and oxygen atoms in total. The largest absolute Gasteiger partial charge is 0.503 e. The molecule has 0 bridgehead atoms. The molecule has 0 spiro atoms. The first-order valence-corrected chi connectivity index (χ1v) is 9.00. The van der Waals surface area contributed by atoms with Gasteiger partial charge in [-0.05, 0) is 38.1 Å². The van der Waals surface area contributed by atoms with E-state index in [0.717, 1.165) is 5.75 Å². The molecule has 0 aromatic heterocycles. The third kappa shape index (κ3) is 5.08. The van der Waals surface area contributed by atoms with E-state index in [1.54, 1.807) is 18.7 Å². The van der Waals surface area contributed by atoms with E-state index in [-0.39, 0.29) is 22.4 Å². The summed E-state index contributed by atoms with van der Waals surface area (Å²) in [6.45, 7) is 4.75. The summed E-state index contributed by atoms with van der Waals surface area (Å²) in [5.41, 5.74) is 1.59. The summed E-state index contributed by atoms with van der Waals surface area (Å²) in [7, 11) is 0. The monoisotopic (exact) mass is 365 g/mol. The molecule has 0 fully saturated rings. The van der Waals surface area contributed by atoms with Gasteiger partial charge in [0.2, 0.25) is 0 Å². The van der Waals surface area contributed by atoms with Gasteiger partial charge in [-0.3, -0.25) is 4.79 Å². The molecule has 6 heteroatoms. The lowest BCUT2D eigenvalue weighted by Crippen LogP contribution is -2.25. The van der Waals surface area contributed by atoms with E-state index in [9.17, 15) is 9.90 Å². The average Bonchev–Trinajstić information content (AvgIpc) is 2.57. The number of carbonyl (C=O) groups is 1. The highest BCUT2D eigenvalue weighted by molar-refractivity contribution is 7.99. The van der Waals surface area contributed by atoms with Crippen LogP contribution in [0.25, 0.3) is 0 Å². The van der Waals surface area contributed by atoms with Crippen LogP contribution >= 0.6 is 23.4 Å². The fourth-order valence-electron chi connectivity index (χ4n) is 2.04. The minimum absolute atomic E-state index is 0.0973. The molecular weight excluding hydrogens is 346 g/mol. The van der Waals surface area contributed by atoms with Crippen molar-refractivity contribution >= 4 is 29.3 Å². The third-order valence-electron chi connectivity index (χ3n) is 3.27. The number of amides is 1. The van der Waals surface area contributed by atoms with E-state index >= 15 is 0 Å². The van der Waals surface area contributed by atoms with Crippen LogP contribution in [-0.2, 0) is 0 Å². The summed E-state index contributed by atoms with van der Waals surface area (Å²) in [6.07, 6.45) is 0. The second-order valence-electron chi connectivity index (χ2n) is 5.16. The molecule has 24 heavy (non-hydrogen) atoms. The van der Waals surface area contributed by atoms with Crippen molar-refractivity contribution in [2.24, 2.45) is 0 Å². The Bertz CT molecular complexity index is 704. The molecule has 2 aromatic carbocycles. The van der Waals surface area contributed by atoms with Crippen LogP contribution in [-0.4, -0.2) is 29.9 Å². The second-order valence-corrected chi connectivity index (χ2v) is 6.73. The van der Waals surface area contributed by atoms with Gasteiger partial charge in [0.1, 0.15) is 0 Å². The Morgan fingerprint density at radius 3 is 2.67 bits per heavy atom. The number of rotatable bonds is 7. The second kappa shape index (κ2) is 8.85. The Morgan fingerprint density at radius 2 is 2.00 bits per heavy atom. The fraction of sp³-hybridized carbons (Fsp3) is 0.278. The normalized spacial score (nSPS) is 10.5. The quantitative estimate of drug-likeness (QED) is 0.568. The van der Waals surface area contributed by atoms with Crippen molar-refractivity contribution in [1.29, 1.82) is 0 Å². The molecule has 2 rings (SSSR count). The molecule has 128 valence electrons. The molecule has 0 saturated carbocycles. The molecule has 2 aromatic rings. The van der Waals surface area contributed by atoms with E-state index in [1.807, 2.05) is 6.92 Å². The number of aryl methyl sites for hydroxylation is 1. The van der Waals surface area contributed by atoms with Gasteiger partial charge in [-0.2, -0.15) is 0 Å². The molecular formula is C18H20ClNO3S. The smallest absolute Gasteiger partial charge is 0.251 e. The number of phenols is 1. The standard InChI is InChI=1S/C18H20ClNO3S/c1-3-23-16-11-13(10-15(19)17(16)21)18(22)20-8-9-24-14-6-4-12(2)5-7-14/h4-7,10-11,21H,3,8-9H2,1-2H3,(H,20,22). The zero-order chi connectivity index (χ0) is 17.5. The number of hydrogen-bond donors (Lipinski definition) is 2. The van der Waals surface area contributed by atoms with E-state index in [0.29, 0.717) is 18.7 Å². The highest BCUT2D eigenvalue weighted by atomic mass is 35.5. The number of carbonyl (C=O) groups excluding carboxylic acids is 1. The number of phenolic OH excluding ortho intramolecular Hbond substituents is 1. The third-order valence-corrected chi connectivity index (χ3v) is 4.57. The number of aromatic hydroxyl groups is 1. The van der Waals surface area contributed by atoms with Crippen molar-refractivity contribution in [1.82, 2.24) is 5.32 Å². The molecule has 0 aliphatic carbocycles. The maximum absolute atomic E-state index is 12.2. The Balaban J connectivity index is 1.89. The van der Waals surface area contributed by atoms with Crippen molar-refractivity contribution in [2.75, 3.05) is 18.9 Å². The van der Waals surface area contributed by atoms with Crippen LogP contribution in [0.3, 0.4) is 0 Å². The molecule has 0 saturated heterocycles. The topological polar surface area (TPSA) is 58.6 Å². The van der Waals surface area contributed by atoms with Crippen molar-refractivity contribution in [3.8, 4) is 11.5 Å². The number of thioether (sulfide) groups is 1. The molecule has 0 aliphatic rings. The summed E-state index contributed by atoms with van der Waals surface area (Å²) in [6, 6.07) is 11.2. The lowest BCUT2D eigenvalue weighted by molar-refractivity contribution is 0.0955. The van der Waals surface area contributed by atoms with Gasteiger partial charge in [0.05, 0.1) is 11.6 Å². The number of hydrogen-bond acceptors (Lipinski definition) is 4. The highest BCUT2D eigenvalue weighted by Crippen LogP contribution is 2.35. The van der Waals surface area contributed by atoms with Crippen LogP contribution in [0, 0.1) is 6.92 Å². The van der Waals surface area contributed by atoms with E-state index in [4.69, 9.17) is 16.3 Å². The van der Waals surface area contributed by atoms with Crippen LogP contribution in [0.15, 0.2) is 41.3 Å². The van der Waals surface area contributed by atoms with Gasteiger partial charge in [-0.15, -0.1) is 11.8 Å². The zero-order valence-corrected chi connectivity index (χ0v) is 15.2. The first-order valence-electron chi connectivity index (χ1n) is 7.64. The first-order chi connectivity index (χ1) is 11.5. The summed E-state index contributed by atoms with van der Waals surface area (Å²) in [5.74, 6) is 0.579. The number of benzene rings is 2. The van der Waals surface area contributed by atoms with E-state index in [1.165, 1.54) is 22.6 Å². The minimum atomic E-state index is -0.248. The van der Waals surface area contributed by atoms with Crippen molar-refractivity contribution in [3.05, 3.63) is 52.5 Å². The van der Waals surface area contributed by atoms with Crippen LogP contribution < -0.4 is 10.1 Å². The summed E-state index contributed by atoms with van der Waals surface area (Å²) in [5, 5.41) is 12.7. The van der Waals surface area contributed by atoms with Gasteiger partial charge in [-0.25, -0.2) is 0 Å². The van der Waals surface area contributed by atoms with Crippen molar-refractivity contribution in [3.63, 3.8) is 0 Å². The highest BCUT2D eigenvalue weighted by Gasteiger charge is 2.14. The van der Waals surface area contributed by atoms with Gasteiger partial charge in [0.15, 0.2) is 11.5 Å². The minimum Gasteiger partial charge on any atom is -0.503 e. The van der Waals surface area contributed by atoms with Gasteiger partial charge in [0.25, 0.3) is 5.91 Å². The Labute approximate surface area is 151 Å². The lowest BCUT2D eigenvalue weighted by atomic mass is 10.2. The Morgan fingerprint density at radius 1 is 1.29 bits per heavy atom. The molecule has 0 aliphatic heterocycles. The number of halogens is 1. The van der Waals surface area contributed by atoms with Crippen LogP contribution in [0.5, 0.6) is 11.5 Å². The van der Waals surface area contributed by atoms with Gasteiger partial charge in [-0.1, -0.05) is 29.3 Å². The molecule has 0 heterocycles. The van der Waals surface area contributed by atoms with E-state index < -0.39 is 0 Å². The summed E-state index contributed by atoms with van der Waals surface area (Å²) < 4.78 is 5.28. The van der Waals surface area contributed by atoms with Gasteiger partial charge >= 0.3 is 0 Å². The van der Waals surface area contributed by atoms with Gasteiger partial charge in [0, 0.05) is 22.8 Å². The molecule has 0 radical (unpaired) electrons. The average molecular weight is 366 g/mol. The van der Waals surface area contributed by atoms with Crippen LogP contribution in [0.2, 0.25) is 5.02 Å². The van der Waals surface area contributed by atoms with Crippen LogP contribution in [0.1, 0.15) is 22.8 Å². The van der Waals surface area contributed by atoms with Crippen molar-refractivity contribution < 1.29 is 14.6 Å². The Hall–Kier alpha value is -1.85. The maximum atomic E-state index is 12.2. The number of nitrogens with one attached hydrogen (secondary N) is 1. The SMILES string of the molecule is CCOc1cc(C(=O)NCCSc2ccc(C)cc2)cc(Cl)c1O. The van der Waals surface area contributed by atoms with Gasteiger partial charge < -0.3 is 15.2 Å². The first kappa shape index (κ1) is 18.5. The predicted octanol–water partition coefficient (Wildman–Crippen LogP) is 4.27. The summed E-state index contributed by atoms with van der Waals surface area (Å²) >= 11 is 7.62. The van der Waals surface area contributed by atoms with E-state index in [2.05, 4.69) is 29.6 Å². The van der Waals surface area contributed by atoms with Crippen LogP contribution in [0.4, 0.5) is 0 Å². The van der Waals surface area contributed by atoms with Crippen molar-refractivity contribution in [2.45, 2.75) is 18.7 Å².